The van der Waals surface area contributed by atoms with E-state index in [0.29, 0.717) is 22.9 Å². The molecule has 6 nitrogen and oxygen atoms in total. The van der Waals surface area contributed by atoms with Gasteiger partial charge in [-0.05, 0) is 30.7 Å². The zero-order chi connectivity index (χ0) is 24.0. The van der Waals surface area contributed by atoms with Gasteiger partial charge in [0.05, 0.1) is 22.0 Å². The molecule has 1 N–H and O–H groups in total. The standard InChI is InChI=1S/C26H31ClN4O2/c1-5-6-16-30(25(33)20-14-10-11-15-21(20)27)18-24(32)28-23-17-22(26(2,3)4)29-31(23)19-12-8-7-9-13-19/h7-15,17H,5-6,16,18H2,1-4H3,(H,28,32). The van der Waals surface area contributed by atoms with Crippen molar-refractivity contribution >= 4 is 29.2 Å². The summed E-state index contributed by atoms with van der Waals surface area (Å²) in [5.41, 5.74) is 1.91. The molecule has 1 aromatic heterocycles. The van der Waals surface area contributed by atoms with Gasteiger partial charge in [-0.25, -0.2) is 4.68 Å². The molecule has 0 saturated heterocycles. The van der Waals surface area contributed by atoms with Crippen molar-refractivity contribution in [1.82, 2.24) is 14.7 Å². The number of rotatable bonds is 8. The van der Waals surface area contributed by atoms with Gasteiger partial charge in [-0.3, -0.25) is 9.59 Å². The minimum atomic E-state index is -0.288. The van der Waals surface area contributed by atoms with Gasteiger partial charge in [-0.1, -0.05) is 76.0 Å². The number of unbranched alkanes of at least 4 members (excludes halogenated alkanes) is 1. The Kier molecular flexibility index (Phi) is 7.92. The number of carbonyl (C=O) groups is 2. The lowest BCUT2D eigenvalue weighted by atomic mass is 9.92. The molecular weight excluding hydrogens is 436 g/mol. The lowest BCUT2D eigenvalue weighted by molar-refractivity contribution is -0.117. The van der Waals surface area contributed by atoms with Crippen molar-refractivity contribution in [2.24, 2.45) is 0 Å². The van der Waals surface area contributed by atoms with Crippen LogP contribution in [0.4, 0.5) is 5.82 Å². The minimum Gasteiger partial charge on any atom is -0.329 e. The van der Waals surface area contributed by atoms with E-state index in [0.717, 1.165) is 24.2 Å². The number of nitrogens with zero attached hydrogens (tertiary/aromatic N) is 3. The highest BCUT2D eigenvalue weighted by Gasteiger charge is 2.24. The van der Waals surface area contributed by atoms with Crippen LogP contribution in [0, 0.1) is 0 Å². The second-order valence-electron chi connectivity index (χ2n) is 9.02. The molecule has 0 atom stereocenters. The van der Waals surface area contributed by atoms with E-state index in [9.17, 15) is 9.59 Å². The Morgan fingerprint density at radius 1 is 1.06 bits per heavy atom. The first kappa shape index (κ1) is 24.5. The van der Waals surface area contributed by atoms with Crippen LogP contribution in [-0.4, -0.2) is 39.6 Å². The molecule has 0 saturated carbocycles. The fourth-order valence-corrected chi connectivity index (χ4v) is 3.58. The maximum Gasteiger partial charge on any atom is 0.255 e. The molecule has 3 rings (SSSR count). The molecule has 0 bridgehead atoms. The van der Waals surface area contributed by atoms with E-state index >= 15 is 0 Å². The Labute approximate surface area is 200 Å². The van der Waals surface area contributed by atoms with E-state index in [1.807, 2.05) is 43.3 Å². The third-order valence-corrected chi connectivity index (χ3v) is 5.58. The summed E-state index contributed by atoms with van der Waals surface area (Å²) < 4.78 is 1.73. The van der Waals surface area contributed by atoms with Crippen molar-refractivity contribution in [3.8, 4) is 5.69 Å². The van der Waals surface area contributed by atoms with Crippen LogP contribution in [0.3, 0.4) is 0 Å². The van der Waals surface area contributed by atoms with E-state index in [-0.39, 0.29) is 23.8 Å². The second kappa shape index (κ2) is 10.7. The highest BCUT2D eigenvalue weighted by molar-refractivity contribution is 6.33. The number of anilines is 1. The zero-order valence-corrected chi connectivity index (χ0v) is 20.4. The number of para-hydroxylation sites is 1. The molecule has 0 unspecified atom stereocenters. The van der Waals surface area contributed by atoms with Crippen LogP contribution in [0.2, 0.25) is 5.02 Å². The van der Waals surface area contributed by atoms with E-state index in [2.05, 4.69) is 26.1 Å². The Bertz CT molecular complexity index is 1100. The molecule has 0 fully saturated rings. The first-order valence-corrected chi connectivity index (χ1v) is 11.6. The molecule has 0 aliphatic rings. The summed E-state index contributed by atoms with van der Waals surface area (Å²) in [4.78, 5) is 27.7. The summed E-state index contributed by atoms with van der Waals surface area (Å²) in [6, 6.07) is 18.4. The van der Waals surface area contributed by atoms with Crippen LogP contribution in [0.25, 0.3) is 5.69 Å². The van der Waals surface area contributed by atoms with Crippen LogP contribution < -0.4 is 5.32 Å². The SMILES string of the molecule is CCCCN(CC(=O)Nc1cc(C(C)(C)C)nn1-c1ccccc1)C(=O)c1ccccc1Cl. The number of halogens is 1. The van der Waals surface area contributed by atoms with Gasteiger partial charge in [0.25, 0.3) is 5.91 Å². The molecule has 7 heteroatoms. The molecule has 0 radical (unpaired) electrons. The minimum absolute atomic E-state index is 0.0745. The van der Waals surface area contributed by atoms with Crippen LogP contribution in [0.5, 0.6) is 0 Å². The normalized spacial score (nSPS) is 11.3. The third kappa shape index (κ3) is 6.23. The monoisotopic (exact) mass is 466 g/mol. The maximum absolute atomic E-state index is 13.1. The van der Waals surface area contributed by atoms with Gasteiger partial charge >= 0.3 is 0 Å². The van der Waals surface area contributed by atoms with Crippen molar-refractivity contribution in [2.45, 2.75) is 46.0 Å². The third-order valence-electron chi connectivity index (χ3n) is 5.25. The second-order valence-corrected chi connectivity index (χ2v) is 9.43. The zero-order valence-electron chi connectivity index (χ0n) is 19.6. The molecule has 33 heavy (non-hydrogen) atoms. The van der Waals surface area contributed by atoms with Crippen molar-refractivity contribution in [2.75, 3.05) is 18.4 Å². The Balaban J connectivity index is 1.85. The number of hydrogen-bond donors (Lipinski definition) is 1. The predicted octanol–water partition coefficient (Wildman–Crippen LogP) is 5.70. The summed E-state index contributed by atoms with van der Waals surface area (Å²) in [6.07, 6.45) is 1.70. The number of aromatic nitrogens is 2. The molecule has 2 aromatic carbocycles. The molecule has 3 aromatic rings. The largest absolute Gasteiger partial charge is 0.329 e. The predicted molar refractivity (Wildman–Crippen MR) is 133 cm³/mol. The smallest absolute Gasteiger partial charge is 0.255 e. The quantitative estimate of drug-likeness (QED) is 0.462. The summed E-state index contributed by atoms with van der Waals surface area (Å²) in [7, 11) is 0. The number of benzene rings is 2. The lowest BCUT2D eigenvalue weighted by Gasteiger charge is -2.22. The van der Waals surface area contributed by atoms with E-state index in [1.54, 1.807) is 33.8 Å². The van der Waals surface area contributed by atoms with Gasteiger partial charge in [0.2, 0.25) is 5.91 Å². The lowest BCUT2D eigenvalue weighted by Crippen LogP contribution is -2.39. The van der Waals surface area contributed by atoms with Gasteiger partial charge in [0.1, 0.15) is 12.4 Å². The van der Waals surface area contributed by atoms with Crippen LogP contribution in [0.15, 0.2) is 60.7 Å². The average Bonchev–Trinajstić information content (AvgIpc) is 3.21. The van der Waals surface area contributed by atoms with Crippen molar-refractivity contribution < 1.29 is 9.59 Å². The Hall–Kier alpha value is -3.12. The van der Waals surface area contributed by atoms with E-state index in [4.69, 9.17) is 16.7 Å². The summed E-state index contributed by atoms with van der Waals surface area (Å²) in [5, 5.41) is 8.07. The fraction of sp³-hybridized carbons (Fsp3) is 0.346. The molecule has 174 valence electrons. The molecule has 0 spiro atoms. The number of amides is 2. The van der Waals surface area contributed by atoms with Gasteiger partial charge in [-0.15, -0.1) is 0 Å². The summed E-state index contributed by atoms with van der Waals surface area (Å²) in [6.45, 7) is 8.67. The van der Waals surface area contributed by atoms with Crippen molar-refractivity contribution in [3.05, 3.63) is 76.9 Å². The van der Waals surface area contributed by atoms with Gasteiger partial charge in [-0.2, -0.15) is 5.10 Å². The maximum atomic E-state index is 13.1. The Morgan fingerprint density at radius 3 is 2.36 bits per heavy atom. The Morgan fingerprint density at radius 2 is 1.73 bits per heavy atom. The van der Waals surface area contributed by atoms with Crippen molar-refractivity contribution in [1.29, 1.82) is 0 Å². The number of nitrogens with one attached hydrogen (secondary N) is 1. The molecular formula is C26H31ClN4O2. The first-order valence-electron chi connectivity index (χ1n) is 11.2. The van der Waals surface area contributed by atoms with E-state index in [1.165, 1.54) is 0 Å². The number of carbonyl (C=O) groups excluding carboxylic acids is 2. The molecule has 0 aliphatic carbocycles. The number of hydrogen-bond acceptors (Lipinski definition) is 3. The molecule has 2 amide bonds. The van der Waals surface area contributed by atoms with Crippen molar-refractivity contribution in [3.63, 3.8) is 0 Å². The summed E-state index contributed by atoms with van der Waals surface area (Å²) >= 11 is 6.24. The first-order chi connectivity index (χ1) is 15.7. The topological polar surface area (TPSA) is 67.2 Å². The van der Waals surface area contributed by atoms with Crippen LogP contribution in [0.1, 0.15) is 56.6 Å². The summed E-state index contributed by atoms with van der Waals surface area (Å²) in [5.74, 6) is 0.0250. The highest BCUT2D eigenvalue weighted by Crippen LogP contribution is 2.26. The van der Waals surface area contributed by atoms with Gasteiger partial charge in [0.15, 0.2) is 0 Å². The van der Waals surface area contributed by atoms with Gasteiger partial charge in [0, 0.05) is 18.0 Å². The fourth-order valence-electron chi connectivity index (χ4n) is 3.36. The molecule has 1 heterocycles. The van der Waals surface area contributed by atoms with Crippen LogP contribution in [-0.2, 0) is 10.2 Å². The van der Waals surface area contributed by atoms with E-state index < -0.39 is 0 Å². The average molecular weight is 467 g/mol. The van der Waals surface area contributed by atoms with Crippen LogP contribution >= 0.6 is 11.6 Å². The highest BCUT2D eigenvalue weighted by atomic mass is 35.5. The molecule has 0 aliphatic heterocycles. The van der Waals surface area contributed by atoms with Gasteiger partial charge < -0.3 is 10.2 Å².